The molecular formula is C11H15FN2. The fourth-order valence-electron chi connectivity index (χ4n) is 1.62. The lowest BCUT2D eigenvalue weighted by atomic mass is 10.0. The molecule has 1 aliphatic rings. The number of hydrogen-bond donors (Lipinski definition) is 1. The number of aromatic nitrogens is 1. The highest BCUT2D eigenvalue weighted by Crippen LogP contribution is 2.48. The van der Waals surface area contributed by atoms with Crippen molar-refractivity contribution in [3.8, 4) is 0 Å². The van der Waals surface area contributed by atoms with E-state index in [2.05, 4.69) is 17.2 Å². The van der Waals surface area contributed by atoms with Crippen LogP contribution in [0, 0.1) is 11.2 Å². The zero-order chi connectivity index (χ0) is 10.0. The first-order valence-corrected chi connectivity index (χ1v) is 5.10. The van der Waals surface area contributed by atoms with Crippen molar-refractivity contribution in [1.82, 2.24) is 4.98 Å². The highest BCUT2D eigenvalue weighted by Gasteiger charge is 2.40. The normalized spacial score (nSPS) is 17.9. The molecule has 1 saturated carbocycles. The predicted octanol–water partition coefficient (Wildman–Crippen LogP) is 2.82. The van der Waals surface area contributed by atoms with Gasteiger partial charge in [0.05, 0.1) is 0 Å². The number of halogens is 1. The van der Waals surface area contributed by atoms with Crippen LogP contribution >= 0.6 is 0 Å². The molecule has 0 spiro atoms. The van der Waals surface area contributed by atoms with E-state index in [1.54, 1.807) is 12.3 Å². The van der Waals surface area contributed by atoms with Gasteiger partial charge in [-0.1, -0.05) is 6.92 Å². The molecule has 14 heavy (non-hydrogen) atoms. The van der Waals surface area contributed by atoms with E-state index in [1.807, 2.05) is 0 Å². The standard InChI is InChI=1S/C11H15FN2/c1-2-11(5-6-11)8-14-10-9(12)4-3-7-13-10/h3-4,7H,2,5-6,8H2,1H3,(H,13,14). The van der Waals surface area contributed by atoms with Crippen molar-refractivity contribution in [3.63, 3.8) is 0 Å². The molecule has 1 aliphatic carbocycles. The van der Waals surface area contributed by atoms with Gasteiger partial charge in [-0.25, -0.2) is 9.37 Å². The zero-order valence-electron chi connectivity index (χ0n) is 8.39. The third-order valence-electron chi connectivity index (χ3n) is 3.10. The Morgan fingerprint density at radius 1 is 1.57 bits per heavy atom. The van der Waals surface area contributed by atoms with Gasteiger partial charge in [0.1, 0.15) is 0 Å². The SMILES string of the molecule is CCC1(CNc2ncccc2F)CC1. The van der Waals surface area contributed by atoms with Crippen LogP contribution in [0.5, 0.6) is 0 Å². The van der Waals surface area contributed by atoms with E-state index >= 15 is 0 Å². The predicted molar refractivity (Wildman–Crippen MR) is 54.6 cm³/mol. The van der Waals surface area contributed by atoms with E-state index in [0.717, 1.165) is 13.0 Å². The number of hydrogen-bond acceptors (Lipinski definition) is 2. The average molecular weight is 194 g/mol. The van der Waals surface area contributed by atoms with Gasteiger partial charge in [-0.05, 0) is 36.8 Å². The van der Waals surface area contributed by atoms with Gasteiger partial charge in [-0.15, -0.1) is 0 Å². The number of pyridine rings is 1. The molecule has 2 rings (SSSR count). The van der Waals surface area contributed by atoms with Crippen LogP contribution < -0.4 is 5.32 Å². The highest BCUT2D eigenvalue weighted by molar-refractivity contribution is 5.36. The Hall–Kier alpha value is -1.12. The topological polar surface area (TPSA) is 24.9 Å². The Morgan fingerprint density at radius 3 is 2.93 bits per heavy atom. The van der Waals surface area contributed by atoms with Gasteiger partial charge < -0.3 is 5.32 Å². The van der Waals surface area contributed by atoms with Gasteiger partial charge in [-0.3, -0.25) is 0 Å². The summed E-state index contributed by atoms with van der Waals surface area (Å²) in [4.78, 5) is 3.96. The third kappa shape index (κ3) is 1.86. The van der Waals surface area contributed by atoms with Crippen molar-refractivity contribution in [2.45, 2.75) is 26.2 Å². The Labute approximate surface area is 83.6 Å². The molecular weight excluding hydrogens is 179 g/mol. The van der Waals surface area contributed by atoms with Crippen LogP contribution in [-0.2, 0) is 0 Å². The first kappa shape index (κ1) is 9.44. The lowest BCUT2D eigenvalue weighted by Gasteiger charge is -2.13. The van der Waals surface area contributed by atoms with Crippen molar-refractivity contribution in [2.75, 3.05) is 11.9 Å². The van der Waals surface area contributed by atoms with Crippen molar-refractivity contribution in [1.29, 1.82) is 0 Å². The average Bonchev–Trinajstić information content (AvgIpc) is 2.98. The molecule has 76 valence electrons. The minimum atomic E-state index is -0.264. The summed E-state index contributed by atoms with van der Waals surface area (Å²) in [6.45, 7) is 3.03. The first-order valence-electron chi connectivity index (χ1n) is 5.10. The molecule has 1 heterocycles. The Morgan fingerprint density at radius 2 is 2.36 bits per heavy atom. The zero-order valence-corrected chi connectivity index (χ0v) is 8.39. The second-order valence-electron chi connectivity index (χ2n) is 4.04. The molecule has 0 atom stereocenters. The van der Waals surface area contributed by atoms with Crippen molar-refractivity contribution in [2.24, 2.45) is 5.41 Å². The van der Waals surface area contributed by atoms with Crippen LogP contribution in [0.3, 0.4) is 0 Å². The summed E-state index contributed by atoms with van der Waals surface area (Å²) >= 11 is 0. The van der Waals surface area contributed by atoms with Gasteiger partial charge in [0.2, 0.25) is 0 Å². The summed E-state index contributed by atoms with van der Waals surface area (Å²) < 4.78 is 13.2. The summed E-state index contributed by atoms with van der Waals surface area (Å²) in [6, 6.07) is 3.04. The first-order chi connectivity index (χ1) is 6.76. The number of nitrogens with one attached hydrogen (secondary N) is 1. The minimum Gasteiger partial charge on any atom is -0.367 e. The molecule has 1 N–H and O–H groups in total. The second kappa shape index (κ2) is 3.56. The minimum absolute atomic E-state index is 0.264. The number of nitrogens with zero attached hydrogens (tertiary/aromatic N) is 1. The van der Waals surface area contributed by atoms with E-state index in [0.29, 0.717) is 11.2 Å². The molecule has 1 fully saturated rings. The molecule has 1 aromatic rings. The molecule has 0 unspecified atom stereocenters. The van der Waals surface area contributed by atoms with Crippen molar-refractivity contribution < 1.29 is 4.39 Å². The van der Waals surface area contributed by atoms with Crippen molar-refractivity contribution >= 4 is 5.82 Å². The van der Waals surface area contributed by atoms with Crippen LogP contribution in [0.1, 0.15) is 26.2 Å². The Bertz CT molecular complexity index is 321. The van der Waals surface area contributed by atoms with Gasteiger partial charge in [-0.2, -0.15) is 0 Å². The van der Waals surface area contributed by atoms with Crippen LogP contribution in [0.25, 0.3) is 0 Å². The fourth-order valence-corrected chi connectivity index (χ4v) is 1.62. The molecule has 3 heteroatoms. The maximum Gasteiger partial charge on any atom is 0.165 e. The molecule has 0 bridgehead atoms. The van der Waals surface area contributed by atoms with Crippen molar-refractivity contribution in [3.05, 3.63) is 24.1 Å². The molecule has 2 nitrogen and oxygen atoms in total. The summed E-state index contributed by atoms with van der Waals surface area (Å²) in [6.07, 6.45) is 5.28. The van der Waals surface area contributed by atoms with Crippen LogP contribution in [0.4, 0.5) is 10.2 Å². The molecule has 0 radical (unpaired) electrons. The monoisotopic (exact) mass is 194 g/mol. The number of anilines is 1. The summed E-state index contributed by atoms with van der Waals surface area (Å²) in [5.41, 5.74) is 0.421. The quantitative estimate of drug-likeness (QED) is 0.797. The van der Waals surface area contributed by atoms with Gasteiger partial charge in [0, 0.05) is 12.7 Å². The van der Waals surface area contributed by atoms with E-state index in [9.17, 15) is 4.39 Å². The summed E-state index contributed by atoms with van der Waals surface area (Å²) in [5, 5.41) is 3.08. The van der Waals surface area contributed by atoms with E-state index in [-0.39, 0.29) is 5.82 Å². The second-order valence-corrected chi connectivity index (χ2v) is 4.04. The largest absolute Gasteiger partial charge is 0.367 e. The van der Waals surface area contributed by atoms with Gasteiger partial charge in [0.15, 0.2) is 11.6 Å². The molecule has 0 aromatic carbocycles. The fraction of sp³-hybridized carbons (Fsp3) is 0.545. The van der Waals surface area contributed by atoms with Crippen LogP contribution in [0.15, 0.2) is 18.3 Å². The highest BCUT2D eigenvalue weighted by atomic mass is 19.1. The van der Waals surface area contributed by atoms with Crippen LogP contribution in [0.2, 0.25) is 0 Å². The molecule has 0 amide bonds. The molecule has 0 aliphatic heterocycles. The summed E-state index contributed by atoms with van der Waals surface area (Å²) in [5.74, 6) is 0.117. The molecule has 1 aromatic heterocycles. The maximum absolute atomic E-state index is 13.2. The van der Waals surface area contributed by atoms with Gasteiger partial charge >= 0.3 is 0 Å². The Balaban J connectivity index is 1.95. The smallest absolute Gasteiger partial charge is 0.165 e. The van der Waals surface area contributed by atoms with E-state index in [1.165, 1.54) is 18.9 Å². The van der Waals surface area contributed by atoms with E-state index < -0.39 is 0 Å². The molecule has 0 saturated heterocycles. The Kier molecular flexibility index (Phi) is 2.40. The van der Waals surface area contributed by atoms with E-state index in [4.69, 9.17) is 0 Å². The van der Waals surface area contributed by atoms with Crippen LogP contribution in [-0.4, -0.2) is 11.5 Å². The lowest BCUT2D eigenvalue weighted by Crippen LogP contribution is -2.15. The maximum atomic E-state index is 13.2. The number of rotatable bonds is 4. The summed E-state index contributed by atoms with van der Waals surface area (Å²) in [7, 11) is 0. The third-order valence-corrected chi connectivity index (χ3v) is 3.10. The lowest BCUT2D eigenvalue weighted by molar-refractivity contribution is 0.517. The van der Waals surface area contributed by atoms with Gasteiger partial charge in [0.25, 0.3) is 0 Å².